The lowest BCUT2D eigenvalue weighted by molar-refractivity contribution is -0.384. The summed E-state index contributed by atoms with van der Waals surface area (Å²) >= 11 is 0. The Hall–Kier alpha value is -3.27. The van der Waals surface area contributed by atoms with Crippen molar-refractivity contribution in [1.29, 1.82) is 0 Å². The van der Waals surface area contributed by atoms with Crippen molar-refractivity contribution in [2.75, 3.05) is 0 Å². The summed E-state index contributed by atoms with van der Waals surface area (Å²) in [5, 5.41) is 10.7. The Labute approximate surface area is 133 Å². The normalized spacial score (nSPS) is 10.8. The molecule has 4 nitrogen and oxygen atoms in total. The Bertz CT molecular complexity index is 841. The molecule has 3 aromatic rings. The largest absolute Gasteiger partial charge is 0.269 e. The lowest BCUT2D eigenvalue weighted by Gasteiger charge is -2.05. The van der Waals surface area contributed by atoms with Gasteiger partial charge in [-0.1, -0.05) is 48.5 Å². The van der Waals surface area contributed by atoms with Crippen LogP contribution < -0.4 is 0 Å². The zero-order valence-corrected chi connectivity index (χ0v) is 12.3. The minimum atomic E-state index is -0.411. The third-order valence-corrected chi connectivity index (χ3v) is 3.45. The van der Waals surface area contributed by atoms with Crippen molar-refractivity contribution >= 4 is 17.6 Å². The number of benzene rings is 3. The van der Waals surface area contributed by atoms with Gasteiger partial charge >= 0.3 is 0 Å². The predicted octanol–water partition coefficient (Wildman–Crippen LogP) is 5.01. The van der Waals surface area contributed by atoms with Crippen molar-refractivity contribution < 1.29 is 4.92 Å². The standard InChI is InChI=1S/C19H14N2O2/c22-21(23)17-12-10-15(11-13-17)14-20-19-9-5-4-8-18(19)16-6-2-1-3-7-16/h1-14H. The molecule has 0 N–H and O–H groups in total. The molecule has 0 aliphatic carbocycles. The van der Waals surface area contributed by atoms with Gasteiger partial charge in [0.1, 0.15) is 0 Å². The van der Waals surface area contributed by atoms with Crippen LogP contribution in [0.3, 0.4) is 0 Å². The number of rotatable bonds is 4. The Morgan fingerprint density at radius 2 is 1.48 bits per heavy atom. The molecule has 0 aromatic heterocycles. The van der Waals surface area contributed by atoms with Crippen LogP contribution in [-0.2, 0) is 0 Å². The molecule has 0 fully saturated rings. The summed E-state index contributed by atoms with van der Waals surface area (Å²) in [6.07, 6.45) is 1.71. The van der Waals surface area contributed by atoms with E-state index in [1.807, 2.05) is 54.6 Å². The van der Waals surface area contributed by atoms with Gasteiger partial charge in [-0.15, -0.1) is 0 Å². The molecule has 0 amide bonds. The summed E-state index contributed by atoms with van der Waals surface area (Å²) in [7, 11) is 0. The Balaban J connectivity index is 1.90. The Morgan fingerprint density at radius 3 is 2.17 bits per heavy atom. The van der Waals surface area contributed by atoms with Crippen LogP contribution in [0.4, 0.5) is 11.4 Å². The van der Waals surface area contributed by atoms with E-state index in [0.29, 0.717) is 0 Å². The van der Waals surface area contributed by atoms with E-state index >= 15 is 0 Å². The smallest absolute Gasteiger partial charge is 0.258 e. The Kier molecular flexibility index (Phi) is 4.25. The maximum Gasteiger partial charge on any atom is 0.269 e. The highest BCUT2D eigenvalue weighted by molar-refractivity contribution is 5.86. The summed E-state index contributed by atoms with van der Waals surface area (Å²) in [6, 6.07) is 24.3. The highest BCUT2D eigenvalue weighted by atomic mass is 16.6. The molecule has 0 bridgehead atoms. The maximum atomic E-state index is 10.7. The van der Waals surface area contributed by atoms with E-state index in [0.717, 1.165) is 22.4 Å². The van der Waals surface area contributed by atoms with Gasteiger partial charge in [0.2, 0.25) is 0 Å². The van der Waals surface area contributed by atoms with Crippen LogP contribution in [0.25, 0.3) is 11.1 Å². The fourth-order valence-electron chi connectivity index (χ4n) is 2.27. The molecule has 0 heterocycles. The van der Waals surface area contributed by atoms with Crippen molar-refractivity contribution in [3.05, 3.63) is 94.5 Å². The molecule has 0 atom stereocenters. The van der Waals surface area contributed by atoms with Crippen molar-refractivity contribution in [2.45, 2.75) is 0 Å². The summed E-state index contributed by atoms with van der Waals surface area (Å²) in [4.78, 5) is 14.8. The van der Waals surface area contributed by atoms with Gasteiger partial charge in [0.15, 0.2) is 0 Å². The van der Waals surface area contributed by atoms with Gasteiger partial charge in [-0.3, -0.25) is 15.1 Å². The van der Waals surface area contributed by atoms with E-state index in [1.54, 1.807) is 18.3 Å². The molecule has 0 saturated heterocycles. The molecule has 0 saturated carbocycles. The lowest BCUT2D eigenvalue weighted by atomic mass is 10.0. The van der Waals surface area contributed by atoms with Gasteiger partial charge in [-0.25, -0.2) is 0 Å². The molecular weight excluding hydrogens is 288 g/mol. The minimum Gasteiger partial charge on any atom is -0.258 e. The predicted molar refractivity (Wildman–Crippen MR) is 92.2 cm³/mol. The first-order valence-electron chi connectivity index (χ1n) is 7.17. The molecule has 4 heteroatoms. The lowest BCUT2D eigenvalue weighted by Crippen LogP contribution is -1.88. The van der Waals surface area contributed by atoms with Crippen LogP contribution in [0.5, 0.6) is 0 Å². The third-order valence-electron chi connectivity index (χ3n) is 3.45. The van der Waals surface area contributed by atoms with Gasteiger partial charge in [-0.05, 0) is 29.3 Å². The van der Waals surface area contributed by atoms with Crippen LogP contribution in [0.15, 0.2) is 83.9 Å². The molecule has 23 heavy (non-hydrogen) atoms. The number of non-ortho nitro benzene ring substituents is 1. The second kappa shape index (κ2) is 6.66. The van der Waals surface area contributed by atoms with Gasteiger partial charge < -0.3 is 0 Å². The molecule has 0 unspecified atom stereocenters. The first-order chi connectivity index (χ1) is 11.2. The fraction of sp³-hybridized carbons (Fsp3) is 0. The maximum absolute atomic E-state index is 10.7. The quantitative estimate of drug-likeness (QED) is 0.386. The summed E-state index contributed by atoms with van der Waals surface area (Å²) in [6.45, 7) is 0. The fourth-order valence-corrected chi connectivity index (χ4v) is 2.27. The number of nitro benzene ring substituents is 1. The van der Waals surface area contributed by atoms with E-state index in [4.69, 9.17) is 0 Å². The summed E-state index contributed by atoms with van der Waals surface area (Å²) < 4.78 is 0. The topological polar surface area (TPSA) is 55.5 Å². The first kappa shape index (κ1) is 14.7. The van der Waals surface area contributed by atoms with Crippen molar-refractivity contribution in [3.8, 4) is 11.1 Å². The average Bonchev–Trinajstić information content (AvgIpc) is 2.61. The molecule has 0 aliphatic rings. The first-order valence-corrected chi connectivity index (χ1v) is 7.17. The second-order valence-electron chi connectivity index (χ2n) is 4.99. The zero-order chi connectivity index (χ0) is 16.1. The van der Waals surface area contributed by atoms with Crippen LogP contribution >= 0.6 is 0 Å². The highest BCUT2D eigenvalue weighted by Gasteiger charge is 2.04. The number of hydrogen-bond donors (Lipinski definition) is 0. The third kappa shape index (κ3) is 3.49. The van der Waals surface area contributed by atoms with E-state index in [2.05, 4.69) is 4.99 Å². The molecule has 0 radical (unpaired) electrons. The summed E-state index contributed by atoms with van der Waals surface area (Å²) in [5.41, 5.74) is 3.90. The second-order valence-corrected chi connectivity index (χ2v) is 4.99. The number of hydrogen-bond acceptors (Lipinski definition) is 3. The van der Waals surface area contributed by atoms with Gasteiger partial charge in [0, 0.05) is 23.9 Å². The van der Waals surface area contributed by atoms with E-state index in [-0.39, 0.29) is 5.69 Å². The number of nitro groups is 1. The number of nitrogens with zero attached hydrogens (tertiary/aromatic N) is 2. The van der Waals surface area contributed by atoms with Gasteiger partial charge in [-0.2, -0.15) is 0 Å². The van der Waals surface area contributed by atoms with E-state index in [9.17, 15) is 10.1 Å². The molecule has 0 spiro atoms. The monoisotopic (exact) mass is 302 g/mol. The van der Waals surface area contributed by atoms with Gasteiger partial charge in [0.05, 0.1) is 10.6 Å². The SMILES string of the molecule is O=[N+]([O-])c1ccc(C=Nc2ccccc2-c2ccccc2)cc1. The zero-order valence-electron chi connectivity index (χ0n) is 12.3. The molecule has 3 aromatic carbocycles. The number of aliphatic imine (C=N–C) groups is 1. The molecular formula is C19H14N2O2. The molecule has 112 valence electrons. The minimum absolute atomic E-state index is 0.0758. The average molecular weight is 302 g/mol. The van der Waals surface area contributed by atoms with Crippen molar-refractivity contribution in [1.82, 2.24) is 0 Å². The summed E-state index contributed by atoms with van der Waals surface area (Å²) in [5.74, 6) is 0. The van der Waals surface area contributed by atoms with Crippen molar-refractivity contribution in [2.24, 2.45) is 4.99 Å². The van der Waals surface area contributed by atoms with E-state index in [1.165, 1.54) is 12.1 Å². The van der Waals surface area contributed by atoms with Crippen LogP contribution in [-0.4, -0.2) is 11.1 Å². The van der Waals surface area contributed by atoms with E-state index < -0.39 is 4.92 Å². The Morgan fingerprint density at radius 1 is 0.826 bits per heavy atom. The van der Waals surface area contributed by atoms with Crippen LogP contribution in [0, 0.1) is 10.1 Å². The highest BCUT2D eigenvalue weighted by Crippen LogP contribution is 2.29. The van der Waals surface area contributed by atoms with Crippen LogP contribution in [0.2, 0.25) is 0 Å². The van der Waals surface area contributed by atoms with Crippen LogP contribution in [0.1, 0.15) is 5.56 Å². The van der Waals surface area contributed by atoms with Gasteiger partial charge in [0.25, 0.3) is 5.69 Å². The number of para-hydroxylation sites is 1. The van der Waals surface area contributed by atoms with Crippen molar-refractivity contribution in [3.63, 3.8) is 0 Å². The molecule has 3 rings (SSSR count). The molecule has 0 aliphatic heterocycles.